The average Bonchev–Trinajstić information content (AvgIpc) is 2.04. The Morgan fingerprint density at radius 1 is 1.42 bits per heavy atom. The highest BCUT2D eigenvalue weighted by molar-refractivity contribution is 9.10. The van der Waals surface area contributed by atoms with Gasteiger partial charge in [0.2, 0.25) is 0 Å². The molecule has 6 heteroatoms. The molecule has 0 aromatic carbocycles. The Bertz CT molecular complexity index is 154. The summed E-state index contributed by atoms with van der Waals surface area (Å²) in [6, 6.07) is 0. The minimum absolute atomic E-state index is 0.267. The van der Waals surface area contributed by atoms with Crippen molar-refractivity contribution in [1.29, 1.82) is 0 Å². The first-order valence-electron chi connectivity index (χ1n) is 3.74. The van der Waals surface area contributed by atoms with Crippen LogP contribution in [0, 0.1) is 0 Å². The van der Waals surface area contributed by atoms with Gasteiger partial charge in [-0.05, 0) is 13.8 Å². The minimum Gasteiger partial charge on any atom is -0.395 e. The zero-order valence-corrected chi connectivity index (χ0v) is 9.68. The summed E-state index contributed by atoms with van der Waals surface area (Å²) in [5.41, 5.74) is 0. The summed E-state index contributed by atoms with van der Waals surface area (Å²) in [5.74, 6) is 0. The number of hydrogen-bond acceptors (Lipinski definition) is 4. The Morgan fingerprint density at radius 3 is 2.08 bits per heavy atom. The number of aliphatic hydroxyl groups is 1. The third-order valence-corrected chi connectivity index (χ3v) is 4.99. The van der Waals surface area contributed by atoms with Crippen molar-refractivity contribution < 1.29 is 18.7 Å². The monoisotopic (exact) mass is 260 g/mol. The number of rotatable bonds is 6. The molecule has 0 radical (unpaired) electrons. The largest absolute Gasteiger partial charge is 0.395 e. The van der Waals surface area contributed by atoms with Crippen LogP contribution in [0.1, 0.15) is 13.8 Å². The molecule has 0 aromatic rings. The van der Waals surface area contributed by atoms with E-state index in [1.807, 2.05) is 0 Å². The van der Waals surface area contributed by atoms with Crippen molar-refractivity contribution in [3.05, 3.63) is 0 Å². The molecule has 0 aliphatic rings. The number of halogens is 1. The summed E-state index contributed by atoms with van der Waals surface area (Å²) in [6.45, 7) is 3.79. The van der Waals surface area contributed by atoms with Crippen LogP contribution in [-0.2, 0) is 13.6 Å². The second-order valence-electron chi connectivity index (χ2n) is 1.99. The number of hydrogen-bond donors (Lipinski definition) is 1. The Labute approximate surface area is 80.9 Å². The lowest BCUT2D eigenvalue weighted by Gasteiger charge is -2.20. The molecule has 74 valence electrons. The van der Waals surface area contributed by atoms with Gasteiger partial charge in [-0.3, -0.25) is 4.57 Å². The van der Waals surface area contributed by atoms with Gasteiger partial charge >= 0.3 is 7.60 Å². The molecule has 0 bridgehead atoms. The Morgan fingerprint density at radius 2 is 1.83 bits per heavy atom. The molecule has 0 rings (SSSR count). The Hall–Kier alpha value is 0.590. The first kappa shape index (κ1) is 12.6. The maximum Gasteiger partial charge on any atom is 0.346 e. The van der Waals surface area contributed by atoms with Crippen molar-refractivity contribution in [2.45, 2.75) is 18.4 Å². The van der Waals surface area contributed by atoms with E-state index in [0.717, 1.165) is 0 Å². The van der Waals surface area contributed by atoms with Gasteiger partial charge < -0.3 is 14.2 Å². The molecule has 1 atom stereocenters. The van der Waals surface area contributed by atoms with Crippen LogP contribution in [0.3, 0.4) is 0 Å². The first-order chi connectivity index (χ1) is 5.60. The van der Waals surface area contributed by atoms with Crippen LogP contribution in [0.15, 0.2) is 0 Å². The van der Waals surface area contributed by atoms with Gasteiger partial charge in [0.25, 0.3) is 0 Å². The highest BCUT2D eigenvalue weighted by Gasteiger charge is 2.32. The summed E-state index contributed by atoms with van der Waals surface area (Å²) in [7, 11) is -3.14. The van der Waals surface area contributed by atoms with E-state index >= 15 is 0 Å². The number of aliphatic hydroxyl groups excluding tert-OH is 1. The fourth-order valence-electron chi connectivity index (χ4n) is 0.659. The van der Waals surface area contributed by atoms with Crippen LogP contribution < -0.4 is 0 Å². The van der Waals surface area contributed by atoms with Crippen molar-refractivity contribution in [3.8, 4) is 0 Å². The second-order valence-corrected chi connectivity index (χ2v) is 6.02. The molecular formula is C6H14BrO4P. The van der Waals surface area contributed by atoms with Crippen molar-refractivity contribution in [2.24, 2.45) is 0 Å². The SMILES string of the molecule is CCOP(=O)(OCC)C(Br)CO. The van der Waals surface area contributed by atoms with E-state index in [1.165, 1.54) is 0 Å². The summed E-state index contributed by atoms with van der Waals surface area (Å²) >= 11 is 3.04. The van der Waals surface area contributed by atoms with Crippen molar-refractivity contribution in [2.75, 3.05) is 19.8 Å². The molecule has 0 saturated carbocycles. The molecule has 0 amide bonds. The predicted molar refractivity (Wildman–Crippen MR) is 50.7 cm³/mol. The molecule has 1 unspecified atom stereocenters. The van der Waals surface area contributed by atoms with Gasteiger partial charge in [0.05, 0.1) is 19.8 Å². The van der Waals surface area contributed by atoms with Gasteiger partial charge in [0, 0.05) is 0 Å². The molecule has 0 aromatic heterocycles. The van der Waals surface area contributed by atoms with Gasteiger partial charge in [0.15, 0.2) is 0 Å². The van der Waals surface area contributed by atoms with Gasteiger partial charge in [-0.1, -0.05) is 15.9 Å². The highest BCUT2D eigenvalue weighted by atomic mass is 79.9. The van der Waals surface area contributed by atoms with Gasteiger partial charge in [-0.15, -0.1) is 0 Å². The predicted octanol–water partition coefficient (Wildman–Crippen LogP) is 1.97. The lowest BCUT2D eigenvalue weighted by atomic mass is 10.9. The Kier molecular flexibility index (Phi) is 6.41. The summed E-state index contributed by atoms with van der Waals surface area (Å²) < 4.78 is 21.0. The van der Waals surface area contributed by atoms with E-state index in [4.69, 9.17) is 14.2 Å². The van der Waals surface area contributed by atoms with Crippen molar-refractivity contribution in [1.82, 2.24) is 0 Å². The topological polar surface area (TPSA) is 55.8 Å². The van der Waals surface area contributed by atoms with Crippen LogP contribution in [0.4, 0.5) is 0 Å². The van der Waals surface area contributed by atoms with E-state index in [-0.39, 0.29) is 6.61 Å². The van der Waals surface area contributed by atoms with Crippen LogP contribution >= 0.6 is 23.5 Å². The summed E-state index contributed by atoms with van der Waals surface area (Å²) in [5, 5.41) is 8.74. The van der Waals surface area contributed by atoms with Crippen LogP contribution in [-0.4, -0.2) is 29.5 Å². The van der Waals surface area contributed by atoms with E-state index in [0.29, 0.717) is 13.2 Å². The van der Waals surface area contributed by atoms with Crippen LogP contribution in [0.5, 0.6) is 0 Å². The summed E-state index contributed by atoms with van der Waals surface area (Å²) in [4.78, 5) is 0. The Balaban J connectivity index is 4.27. The smallest absolute Gasteiger partial charge is 0.346 e. The quantitative estimate of drug-likeness (QED) is 0.586. The fourth-order valence-corrected chi connectivity index (χ4v) is 2.69. The molecule has 0 heterocycles. The average molecular weight is 261 g/mol. The molecular weight excluding hydrogens is 247 g/mol. The molecule has 12 heavy (non-hydrogen) atoms. The van der Waals surface area contributed by atoms with E-state index in [1.54, 1.807) is 13.8 Å². The van der Waals surface area contributed by atoms with Gasteiger partial charge in [-0.2, -0.15) is 0 Å². The third-order valence-electron chi connectivity index (χ3n) is 1.11. The van der Waals surface area contributed by atoms with E-state index in [9.17, 15) is 4.57 Å². The maximum atomic E-state index is 11.7. The first-order valence-corrected chi connectivity index (χ1v) is 6.27. The van der Waals surface area contributed by atoms with Crippen LogP contribution in [0.2, 0.25) is 0 Å². The lowest BCUT2D eigenvalue weighted by Crippen LogP contribution is -2.10. The fraction of sp³-hybridized carbons (Fsp3) is 1.00. The molecule has 0 spiro atoms. The van der Waals surface area contributed by atoms with E-state index < -0.39 is 12.2 Å². The van der Waals surface area contributed by atoms with Crippen molar-refractivity contribution in [3.63, 3.8) is 0 Å². The normalized spacial score (nSPS) is 14.7. The van der Waals surface area contributed by atoms with Crippen molar-refractivity contribution >= 4 is 23.5 Å². The second kappa shape index (κ2) is 6.11. The lowest BCUT2D eigenvalue weighted by molar-refractivity contribution is 0.207. The van der Waals surface area contributed by atoms with E-state index in [2.05, 4.69) is 15.9 Å². The number of alkyl halides is 1. The molecule has 4 nitrogen and oxygen atoms in total. The molecule has 0 aliphatic carbocycles. The zero-order chi connectivity index (χ0) is 9.61. The third kappa shape index (κ3) is 3.54. The molecule has 0 fully saturated rings. The van der Waals surface area contributed by atoms with Gasteiger partial charge in [-0.25, -0.2) is 0 Å². The molecule has 0 saturated heterocycles. The molecule has 1 N–H and O–H groups in total. The summed E-state index contributed by atoms with van der Waals surface area (Å²) in [6.07, 6.45) is 0. The van der Waals surface area contributed by atoms with Crippen LogP contribution in [0.25, 0.3) is 0 Å². The standard InChI is InChI=1S/C6H14BrO4P/c1-3-10-12(9,11-4-2)6(7)5-8/h6,8H,3-5H2,1-2H3. The maximum absolute atomic E-state index is 11.7. The zero-order valence-electron chi connectivity index (χ0n) is 7.20. The highest BCUT2D eigenvalue weighted by Crippen LogP contribution is 2.55. The minimum atomic E-state index is -3.14. The molecule has 0 aliphatic heterocycles. The van der Waals surface area contributed by atoms with Gasteiger partial charge in [0.1, 0.15) is 4.57 Å².